The molecule has 0 atom stereocenters. The van der Waals surface area contributed by atoms with Crippen LogP contribution in [0.1, 0.15) is 21.7 Å². The number of ketones is 1. The van der Waals surface area contributed by atoms with Gasteiger partial charge in [-0.1, -0.05) is 6.07 Å². The Bertz CT molecular complexity index is 774. The third-order valence-electron chi connectivity index (χ3n) is 3.08. The summed E-state index contributed by atoms with van der Waals surface area (Å²) in [5, 5.41) is 0. The summed E-state index contributed by atoms with van der Waals surface area (Å²) in [5.41, 5.74) is 0.158. The smallest absolute Gasteiger partial charge is 0.347 e. The second kappa shape index (κ2) is 7.13. The van der Waals surface area contributed by atoms with Crippen molar-refractivity contribution in [1.29, 1.82) is 0 Å². The first kappa shape index (κ1) is 16.1. The molecule has 0 saturated heterocycles. The number of allylic oxidation sites excluding steroid dienone is 1. The zero-order valence-corrected chi connectivity index (χ0v) is 13.4. The van der Waals surface area contributed by atoms with Crippen LogP contribution in [0.4, 0.5) is 0 Å². The highest BCUT2D eigenvalue weighted by molar-refractivity contribution is 7.98. The number of methoxy groups -OCH3 is 1. The fourth-order valence-electron chi connectivity index (χ4n) is 1.90. The minimum atomic E-state index is -0.626. The van der Waals surface area contributed by atoms with Gasteiger partial charge in [0.2, 0.25) is 0 Å². The van der Waals surface area contributed by atoms with Crippen LogP contribution in [0, 0.1) is 6.92 Å². The Labute approximate surface area is 132 Å². The Morgan fingerprint density at radius 2 is 2.05 bits per heavy atom. The minimum absolute atomic E-state index is 0.0153. The summed E-state index contributed by atoms with van der Waals surface area (Å²) in [5.74, 6) is 0.747. The van der Waals surface area contributed by atoms with Crippen LogP contribution in [-0.4, -0.2) is 19.1 Å². The molecule has 22 heavy (non-hydrogen) atoms. The highest BCUT2D eigenvalue weighted by Gasteiger charge is 2.09. The van der Waals surface area contributed by atoms with Crippen molar-refractivity contribution in [2.75, 3.05) is 13.4 Å². The SMILES string of the molecule is COc1cc(SC)ccc1/C=C/C(=O)c1ccc(C)oc1=O. The van der Waals surface area contributed by atoms with Crippen LogP contribution in [-0.2, 0) is 0 Å². The number of benzene rings is 1. The zero-order chi connectivity index (χ0) is 16.1. The third-order valence-corrected chi connectivity index (χ3v) is 3.80. The normalized spacial score (nSPS) is 10.9. The fourth-order valence-corrected chi connectivity index (χ4v) is 2.33. The largest absolute Gasteiger partial charge is 0.496 e. The van der Waals surface area contributed by atoms with Crippen molar-refractivity contribution in [3.63, 3.8) is 0 Å². The van der Waals surface area contributed by atoms with E-state index in [4.69, 9.17) is 9.15 Å². The molecule has 4 nitrogen and oxygen atoms in total. The van der Waals surface area contributed by atoms with Crippen LogP contribution in [0.25, 0.3) is 6.08 Å². The first-order valence-corrected chi connectivity index (χ1v) is 7.83. The molecule has 1 aromatic heterocycles. The van der Waals surface area contributed by atoms with Crippen LogP contribution in [0.15, 0.2) is 50.5 Å². The zero-order valence-electron chi connectivity index (χ0n) is 12.6. The third kappa shape index (κ3) is 3.68. The second-order valence-electron chi connectivity index (χ2n) is 4.55. The Kier molecular flexibility index (Phi) is 5.22. The van der Waals surface area contributed by atoms with Crippen LogP contribution in [0.2, 0.25) is 0 Å². The van der Waals surface area contributed by atoms with E-state index in [2.05, 4.69) is 0 Å². The van der Waals surface area contributed by atoms with E-state index in [1.54, 1.807) is 37.9 Å². The molecule has 2 aromatic rings. The Morgan fingerprint density at radius 3 is 2.68 bits per heavy atom. The van der Waals surface area contributed by atoms with Crippen molar-refractivity contribution in [2.45, 2.75) is 11.8 Å². The maximum absolute atomic E-state index is 12.1. The van der Waals surface area contributed by atoms with Gasteiger partial charge in [0, 0.05) is 10.5 Å². The maximum Gasteiger partial charge on any atom is 0.347 e. The van der Waals surface area contributed by atoms with Crippen molar-refractivity contribution < 1.29 is 13.9 Å². The quantitative estimate of drug-likeness (QED) is 0.479. The first-order chi connectivity index (χ1) is 10.5. The molecule has 1 heterocycles. The molecule has 1 aromatic carbocycles. The van der Waals surface area contributed by atoms with E-state index >= 15 is 0 Å². The van der Waals surface area contributed by atoms with E-state index in [0.717, 1.165) is 10.5 Å². The Morgan fingerprint density at radius 1 is 1.27 bits per heavy atom. The summed E-state index contributed by atoms with van der Waals surface area (Å²) in [6.07, 6.45) is 4.95. The molecule has 0 unspecified atom stereocenters. The lowest BCUT2D eigenvalue weighted by Gasteiger charge is -2.06. The average Bonchev–Trinajstić information content (AvgIpc) is 2.52. The highest BCUT2D eigenvalue weighted by Crippen LogP contribution is 2.26. The summed E-state index contributed by atoms with van der Waals surface area (Å²) in [6, 6.07) is 8.77. The fraction of sp³-hybridized carbons (Fsp3) is 0.176. The molecule has 0 saturated carbocycles. The molecule has 0 amide bonds. The van der Waals surface area contributed by atoms with Gasteiger partial charge < -0.3 is 9.15 Å². The van der Waals surface area contributed by atoms with Gasteiger partial charge in [-0.25, -0.2) is 4.79 Å². The molecule has 5 heteroatoms. The highest BCUT2D eigenvalue weighted by atomic mass is 32.2. The second-order valence-corrected chi connectivity index (χ2v) is 5.43. The number of ether oxygens (including phenoxy) is 1. The molecule has 2 rings (SSSR count). The lowest BCUT2D eigenvalue weighted by Crippen LogP contribution is -2.12. The van der Waals surface area contributed by atoms with Gasteiger partial charge in [0.1, 0.15) is 17.1 Å². The number of carbonyl (C=O) groups is 1. The van der Waals surface area contributed by atoms with E-state index in [0.29, 0.717) is 11.5 Å². The van der Waals surface area contributed by atoms with Crippen molar-refractivity contribution in [1.82, 2.24) is 0 Å². The Balaban J connectivity index is 2.28. The van der Waals surface area contributed by atoms with E-state index in [1.807, 2.05) is 24.5 Å². The van der Waals surface area contributed by atoms with Gasteiger partial charge in [0.25, 0.3) is 0 Å². The molecular weight excluding hydrogens is 300 g/mol. The molecule has 114 valence electrons. The maximum atomic E-state index is 12.1. The van der Waals surface area contributed by atoms with E-state index in [-0.39, 0.29) is 5.56 Å². The molecule has 0 bridgehead atoms. The summed E-state index contributed by atoms with van der Waals surface area (Å²) < 4.78 is 10.2. The van der Waals surface area contributed by atoms with Crippen molar-refractivity contribution in [3.8, 4) is 5.75 Å². The number of hydrogen-bond donors (Lipinski definition) is 0. The topological polar surface area (TPSA) is 56.5 Å². The molecular formula is C17H16O4S. The lowest BCUT2D eigenvalue weighted by atomic mass is 10.1. The van der Waals surface area contributed by atoms with Gasteiger partial charge in [-0.15, -0.1) is 11.8 Å². The molecule has 0 aliphatic rings. The molecule has 0 fully saturated rings. The van der Waals surface area contributed by atoms with Crippen LogP contribution in [0.3, 0.4) is 0 Å². The molecule has 0 spiro atoms. The van der Waals surface area contributed by atoms with E-state index in [1.165, 1.54) is 12.1 Å². The van der Waals surface area contributed by atoms with E-state index < -0.39 is 11.4 Å². The number of thioether (sulfide) groups is 1. The van der Waals surface area contributed by atoms with Gasteiger partial charge in [0.15, 0.2) is 5.78 Å². The predicted octanol–water partition coefficient (Wildman–Crippen LogP) is 3.57. The monoisotopic (exact) mass is 316 g/mol. The van der Waals surface area contributed by atoms with Crippen LogP contribution < -0.4 is 10.4 Å². The molecule has 0 radical (unpaired) electrons. The average molecular weight is 316 g/mol. The van der Waals surface area contributed by atoms with Gasteiger partial charge >= 0.3 is 5.63 Å². The first-order valence-electron chi connectivity index (χ1n) is 6.60. The molecule has 0 aliphatic carbocycles. The van der Waals surface area contributed by atoms with Gasteiger partial charge in [-0.3, -0.25) is 4.79 Å². The summed E-state index contributed by atoms with van der Waals surface area (Å²) in [4.78, 5) is 24.8. The minimum Gasteiger partial charge on any atom is -0.496 e. The summed E-state index contributed by atoms with van der Waals surface area (Å²) in [6.45, 7) is 1.66. The van der Waals surface area contributed by atoms with Crippen LogP contribution in [0.5, 0.6) is 5.75 Å². The number of carbonyl (C=O) groups excluding carboxylic acids is 1. The standard InChI is InChI=1S/C17H16O4S/c1-11-4-8-14(17(19)21-11)15(18)9-6-12-5-7-13(22-3)10-16(12)20-2/h4-10H,1-3H3/b9-6+. The van der Waals surface area contributed by atoms with Crippen molar-refractivity contribution in [3.05, 3.63) is 63.7 Å². The number of rotatable bonds is 5. The summed E-state index contributed by atoms with van der Waals surface area (Å²) in [7, 11) is 1.58. The molecule has 0 N–H and O–H groups in total. The summed E-state index contributed by atoms with van der Waals surface area (Å²) >= 11 is 1.61. The predicted molar refractivity (Wildman–Crippen MR) is 87.9 cm³/mol. The van der Waals surface area contributed by atoms with Crippen molar-refractivity contribution in [2.24, 2.45) is 0 Å². The number of aryl methyl sites for hydroxylation is 1. The Hall–Kier alpha value is -2.27. The molecule has 0 aliphatic heterocycles. The van der Waals surface area contributed by atoms with Gasteiger partial charge in [-0.05, 0) is 49.6 Å². The van der Waals surface area contributed by atoms with Crippen LogP contribution >= 0.6 is 11.8 Å². The van der Waals surface area contributed by atoms with Gasteiger partial charge in [-0.2, -0.15) is 0 Å². The van der Waals surface area contributed by atoms with Crippen molar-refractivity contribution >= 4 is 23.6 Å². The number of hydrogen-bond acceptors (Lipinski definition) is 5. The van der Waals surface area contributed by atoms with E-state index in [9.17, 15) is 9.59 Å². The lowest BCUT2D eigenvalue weighted by molar-refractivity contribution is 0.104. The van der Waals surface area contributed by atoms with Gasteiger partial charge in [0.05, 0.1) is 7.11 Å².